The first-order valence-electron chi connectivity index (χ1n) is 11.2. The summed E-state index contributed by atoms with van der Waals surface area (Å²) in [5.74, 6) is -2.01. The maximum absolute atomic E-state index is 13.5. The number of likely N-dealkylation sites (N-methyl/N-ethyl adjacent to an activating group) is 1. The van der Waals surface area contributed by atoms with Crippen molar-refractivity contribution >= 4 is 19.5 Å². The lowest BCUT2D eigenvalue weighted by Gasteiger charge is -2.34. The first-order chi connectivity index (χ1) is 16.2. The van der Waals surface area contributed by atoms with Crippen molar-refractivity contribution in [2.75, 3.05) is 34.4 Å². The first kappa shape index (κ1) is 30.9. The standard InChI is InChI=1S/C21H34FN2O10P/c1-24(2,3)21(27)19(15-20(25)26)34-35(30,31)33-13-9-7-5-4-6-8-12-32-16-10-11-18(23(28)29)17(22)14-16/h10-11,14,19,21,27H,4-9,12-13,15H2,1-3H3,(H-,25,26,30,31)/p+1/t19-,21?/m1/s1. The van der Waals surface area contributed by atoms with Gasteiger partial charge < -0.3 is 24.3 Å². The van der Waals surface area contributed by atoms with Crippen LogP contribution < -0.4 is 4.74 Å². The molecular formula is C21H35FN2O10P+. The van der Waals surface area contributed by atoms with Crippen molar-refractivity contribution in [1.82, 2.24) is 0 Å². The number of halogens is 1. The highest BCUT2D eigenvalue weighted by atomic mass is 31.2. The molecule has 0 radical (unpaired) electrons. The van der Waals surface area contributed by atoms with Crippen LogP contribution in [0.5, 0.6) is 5.75 Å². The Kier molecular flexibility index (Phi) is 12.7. The van der Waals surface area contributed by atoms with Crippen LogP contribution in [0.15, 0.2) is 18.2 Å². The van der Waals surface area contributed by atoms with E-state index in [1.807, 2.05) is 0 Å². The minimum atomic E-state index is -4.55. The van der Waals surface area contributed by atoms with Crippen LogP contribution in [0, 0.1) is 15.9 Å². The topological polar surface area (TPSA) is 166 Å². The lowest BCUT2D eigenvalue weighted by atomic mass is 10.1. The number of rotatable bonds is 18. The Morgan fingerprint density at radius 3 is 2.23 bits per heavy atom. The molecule has 0 aliphatic carbocycles. The fraction of sp³-hybridized carbons (Fsp3) is 0.667. The summed E-state index contributed by atoms with van der Waals surface area (Å²) in [7, 11) is 0.219. The number of benzene rings is 1. The monoisotopic (exact) mass is 525 g/mol. The van der Waals surface area contributed by atoms with Crippen LogP contribution in [0.25, 0.3) is 0 Å². The van der Waals surface area contributed by atoms with E-state index in [9.17, 15) is 33.9 Å². The number of aliphatic hydroxyl groups excluding tert-OH is 1. The minimum absolute atomic E-state index is 0.0666. The van der Waals surface area contributed by atoms with Gasteiger partial charge in [0.15, 0.2) is 6.10 Å². The number of nitro groups is 1. The smallest absolute Gasteiger partial charge is 0.472 e. The molecule has 3 atom stereocenters. The number of nitrogens with zero attached hydrogens (tertiary/aromatic N) is 2. The van der Waals surface area contributed by atoms with Crippen molar-refractivity contribution in [2.45, 2.75) is 57.3 Å². The molecule has 2 unspecified atom stereocenters. The summed E-state index contributed by atoms with van der Waals surface area (Å²) < 4.78 is 40.9. The molecule has 0 aliphatic heterocycles. The normalized spacial score (nSPS) is 15.3. The van der Waals surface area contributed by atoms with Gasteiger partial charge in [0.1, 0.15) is 5.75 Å². The number of hydrogen-bond donors (Lipinski definition) is 3. The predicted molar refractivity (Wildman–Crippen MR) is 123 cm³/mol. The summed E-state index contributed by atoms with van der Waals surface area (Å²) >= 11 is 0. The largest absolute Gasteiger partial charge is 0.493 e. The van der Waals surface area contributed by atoms with Crippen LogP contribution >= 0.6 is 7.82 Å². The first-order valence-corrected chi connectivity index (χ1v) is 12.7. The predicted octanol–water partition coefficient (Wildman–Crippen LogP) is 3.45. The number of nitro benzene ring substituents is 1. The SMILES string of the molecule is C[N+](C)(C)C(O)[C@@H](CC(=O)O)OP(=O)(O)OCCCCCCCCOc1ccc([N+](=O)[O-])c(F)c1. The van der Waals surface area contributed by atoms with E-state index >= 15 is 0 Å². The molecule has 3 N–H and O–H groups in total. The number of carboxylic acid groups (broad SMARTS) is 1. The minimum Gasteiger partial charge on any atom is -0.493 e. The molecule has 0 saturated heterocycles. The van der Waals surface area contributed by atoms with Crippen molar-refractivity contribution in [1.29, 1.82) is 0 Å². The van der Waals surface area contributed by atoms with Crippen molar-refractivity contribution < 1.29 is 52.0 Å². The third-order valence-electron chi connectivity index (χ3n) is 4.95. The molecular weight excluding hydrogens is 490 g/mol. The van der Waals surface area contributed by atoms with Gasteiger partial charge in [-0.3, -0.25) is 24.0 Å². The van der Waals surface area contributed by atoms with E-state index in [1.54, 1.807) is 21.1 Å². The van der Waals surface area contributed by atoms with Gasteiger partial charge in [0.2, 0.25) is 12.0 Å². The molecule has 0 amide bonds. The van der Waals surface area contributed by atoms with E-state index in [0.29, 0.717) is 25.9 Å². The molecule has 0 bridgehead atoms. The number of aliphatic carboxylic acids is 1. The molecule has 200 valence electrons. The van der Waals surface area contributed by atoms with Gasteiger partial charge in [-0.15, -0.1) is 0 Å². The third kappa shape index (κ3) is 12.4. The number of aliphatic hydroxyl groups is 1. The van der Waals surface area contributed by atoms with Crippen LogP contribution in [0.3, 0.4) is 0 Å². The van der Waals surface area contributed by atoms with Gasteiger partial charge in [-0.2, -0.15) is 4.39 Å². The highest BCUT2D eigenvalue weighted by molar-refractivity contribution is 7.47. The number of ether oxygens (including phenoxy) is 1. The van der Waals surface area contributed by atoms with Gasteiger partial charge in [-0.25, -0.2) is 4.57 Å². The molecule has 0 fully saturated rings. The summed E-state index contributed by atoms with van der Waals surface area (Å²) in [4.78, 5) is 30.7. The molecule has 0 heterocycles. The van der Waals surface area contributed by atoms with E-state index in [0.717, 1.165) is 31.4 Å². The van der Waals surface area contributed by atoms with Crippen molar-refractivity contribution in [3.8, 4) is 5.75 Å². The molecule has 1 rings (SSSR count). The van der Waals surface area contributed by atoms with Crippen LogP contribution in [0.2, 0.25) is 0 Å². The Bertz CT molecular complexity index is 880. The van der Waals surface area contributed by atoms with Crippen molar-refractivity contribution in [2.24, 2.45) is 0 Å². The average Bonchev–Trinajstić information content (AvgIpc) is 2.72. The number of quaternary nitrogens is 1. The van der Waals surface area contributed by atoms with Gasteiger partial charge in [-0.05, 0) is 18.9 Å². The van der Waals surface area contributed by atoms with E-state index < -0.39 is 49.0 Å². The molecule has 14 heteroatoms. The lowest BCUT2D eigenvalue weighted by Crippen LogP contribution is -2.52. The van der Waals surface area contributed by atoms with Crippen LogP contribution in [-0.4, -0.2) is 77.2 Å². The van der Waals surface area contributed by atoms with E-state index in [-0.39, 0.29) is 16.8 Å². The van der Waals surface area contributed by atoms with Crippen LogP contribution in [0.4, 0.5) is 10.1 Å². The van der Waals surface area contributed by atoms with Crippen molar-refractivity contribution in [3.63, 3.8) is 0 Å². The fourth-order valence-electron chi connectivity index (χ4n) is 3.08. The molecule has 0 aromatic heterocycles. The molecule has 1 aromatic rings. The summed E-state index contributed by atoms with van der Waals surface area (Å²) in [5, 5.41) is 29.8. The molecule has 1 aromatic carbocycles. The Labute approximate surface area is 203 Å². The summed E-state index contributed by atoms with van der Waals surface area (Å²) in [6, 6.07) is 3.38. The summed E-state index contributed by atoms with van der Waals surface area (Å²) in [6.07, 6.45) is 0.990. The Balaban J connectivity index is 2.22. The second-order valence-corrected chi connectivity index (χ2v) is 10.3. The highest BCUT2D eigenvalue weighted by Crippen LogP contribution is 2.46. The number of carbonyl (C=O) groups is 1. The number of hydrogen-bond acceptors (Lipinski definition) is 8. The zero-order valence-electron chi connectivity index (χ0n) is 20.2. The second kappa shape index (κ2) is 14.4. The second-order valence-electron chi connectivity index (χ2n) is 8.91. The number of phosphoric ester groups is 1. The maximum atomic E-state index is 13.5. The molecule has 0 saturated carbocycles. The highest BCUT2D eigenvalue weighted by Gasteiger charge is 2.39. The van der Waals surface area contributed by atoms with Crippen molar-refractivity contribution in [3.05, 3.63) is 34.1 Å². The van der Waals surface area contributed by atoms with E-state index in [2.05, 4.69) is 0 Å². The zero-order chi connectivity index (χ0) is 26.6. The molecule has 0 spiro atoms. The average molecular weight is 525 g/mol. The number of unbranched alkanes of at least 4 members (excludes halogenated alkanes) is 5. The van der Waals surface area contributed by atoms with E-state index in [1.165, 1.54) is 6.07 Å². The molecule has 35 heavy (non-hydrogen) atoms. The van der Waals surface area contributed by atoms with Gasteiger partial charge in [0, 0.05) is 12.1 Å². The Morgan fingerprint density at radius 1 is 1.14 bits per heavy atom. The van der Waals surface area contributed by atoms with E-state index in [4.69, 9.17) is 18.9 Å². The maximum Gasteiger partial charge on any atom is 0.472 e. The Morgan fingerprint density at radius 2 is 1.71 bits per heavy atom. The van der Waals surface area contributed by atoms with Gasteiger partial charge in [0.25, 0.3) is 0 Å². The number of phosphoric acid groups is 1. The summed E-state index contributed by atoms with van der Waals surface area (Å²) in [6.45, 7) is 0.269. The fourth-order valence-corrected chi connectivity index (χ4v) is 4.02. The van der Waals surface area contributed by atoms with Crippen LogP contribution in [-0.2, 0) is 18.4 Å². The molecule has 12 nitrogen and oxygen atoms in total. The number of carboxylic acids is 1. The Hall–Kier alpha value is -2.15. The zero-order valence-corrected chi connectivity index (χ0v) is 21.1. The summed E-state index contributed by atoms with van der Waals surface area (Å²) in [5.41, 5.74) is -0.604. The van der Waals surface area contributed by atoms with Gasteiger partial charge >= 0.3 is 19.5 Å². The van der Waals surface area contributed by atoms with Gasteiger partial charge in [0.05, 0.1) is 45.7 Å². The molecule has 0 aliphatic rings. The van der Waals surface area contributed by atoms with Crippen LogP contribution in [0.1, 0.15) is 44.9 Å². The lowest BCUT2D eigenvalue weighted by molar-refractivity contribution is -0.922. The third-order valence-corrected chi connectivity index (χ3v) is 5.99. The quantitative estimate of drug-likeness (QED) is 0.0645. The van der Waals surface area contributed by atoms with Gasteiger partial charge in [-0.1, -0.05) is 25.7 Å².